The molecule has 1 aromatic heterocycles. The second kappa shape index (κ2) is 15.6. The Morgan fingerprint density at radius 1 is 1.08 bits per heavy atom. The van der Waals surface area contributed by atoms with Crippen molar-refractivity contribution in [1.29, 1.82) is 0 Å². The molecule has 0 bridgehead atoms. The molecule has 3 aromatic carbocycles. The van der Waals surface area contributed by atoms with E-state index in [1.54, 1.807) is 15.9 Å². The van der Waals surface area contributed by atoms with Crippen LogP contribution in [0.2, 0.25) is 0 Å². The first kappa shape index (κ1) is 36.0. The lowest BCUT2D eigenvalue weighted by atomic mass is 10.0. The van der Waals surface area contributed by atoms with Crippen molar-refractivity contribution in [3.63, 3.8) is 0 Å². The number of ether oxygens (including phenoxy) is 2. The van der Waals surface area contributed by atoms with E-state index in [9.17, 15) is 9.59 Å². The summed E-state index contributed by atoms with van der Waals surface area (Å²) in [5.41, 5.74) is 2.56. The topological polar surface area (TPSA) is 103 Å². The second-order valence-electron chi connectivity index (χ2n) is 13.5. The Balaban J connectivity index is 1.22. The van der Waals surface area contributed by atoms with Crippen molar-refractivity contribution in [2.75, 3.05) is 49.7 Å². The molecule has 272 valence electrons. The first-order valence-corrected chi connectivity index (χ1v) is 17.6. The number of methoxy groups -OCH3 is 1. The van der Waals surface area contributed by atoms with Gasteiger partial charge in [0.1, 0.15) is 29.5 Å². The zero-order valence-electron chi connectivity index (χ0n) is 29.4. The van der Waals surface area contributed by atoms with Crippen LogP contribution in [-0.4, -0.2) is 72.8 Å². The molecule has 2 fully saturated rings. The monoisotopic (exact) mass is 706 g/mol. The maximum Gasteiger partial charge on any atom is 0.407 e. The summed E-state index contributed by atoms with van der Waals surface area (Å²) in [6, 6.07) is 14.1. The SMILES string of the molecule is CCCN(Cc1nc2cc([C@H]3CCCN3c3cc(F)c(N4CCO[C@@H](c5ccccc5)C4)c(F)c3)c(F)cc2[nH]1)C(=O)C(NC(=O)OC)C(C)C. The van der Waals surface area contributed by atoms with Crippen LogP contribution in [0.3, 0.4) is 0 Å². The predicted molar refractivity (Wildman–Crippen MR) is 189 cm³/mol. The Kier molecular flexibility index (Phi) is 11.0. The third-order valence-corrected chi connectivity index (χ3v) is 9.69. The van der Waals surface area contributed by atoms with Gasteiger partial charge in [0.2, 0.25) is 5.91 Å². The molecule has 2 aliphatic rings. The van der Waals surface area contributed by atoms with Crippen molar-refractivity contribution < 1.29 is 32.2 Å². The summed E-state index contributed by atoms with van der Waals surface area (Å²) >= 11 is 0. The van der Waals surface area contributed by atoms with Crippen LogP contribution in [0.15, 0.2) is 54.6 Å². The molecule has 3 heterocycles. The number of nitrogens with zero attached hydrogens (tertiary/aromatic N) is 4. The fraction of sp³-hybridized carbons (Fsp3) is 0.447. The van der Waals surface area contributed by atoms with E-state index >= 15 is 13.2 Å². The highest BCUT2D eigenvalue weighted by molar-refractivity contribution is 5.86. The number of amides is 2. The first-order chi connectivity index (χ1) is 24.6. The van der Waals surface area contributed by atoms with Crippen LogP contribution in [0.25, 0.3) is 11.0 Å². The van der Waals surface area contributed by atoms with E-state index in [1.165, 1.54) is 25.3 Å². The average molecular weight is 707 g/mol. The summed E-state index contributed by atoms with van der Waals surface area (Å²) < 4.78 is 58.0. The standard InChI is InChI=1S/C38H45F3N6O4/c1-5-13-46(37(48)35(23(2)3)44-38(49)50-4)22-34-42-30-19-26(27(39)20-31(30)43-34)32-12-9-14-47(32)25-17-28(40)36(29(41)18-25)45-15-16-51-33(21-45)24-10-7-6-8-11-24/h6-8,10-11,17-20,23,32-33,35H,5,9,12-16,21-22H2,1-4H3,(H,42,43)(H,44,49)/t32-,33-,35?/m1/s1. The minimum Gasteiger partial charge on any atom is -0.453 e. The number of benzene rings is 3. The number of hydrogen-bond donors (Lipinski definition) is 2. The molecule has 1 unspecified atom stereocenters. The Morgan fingerprint density at radius 3 is 2.51 bits per heavy atom. The molecule has 3 atom stereocenters. The van der Waals surface area contributed by atoms with Gasteiger partial charge >= 0.3 is 6.09 Å². The van der Waals surface area contributed by atoms with Gasteiger partial charge in [-0.3, -0.25) is 4.79 Å². The van der Waals surface area contributed by atoms with Crippen LogP contribution in [0.1, 0.15) is 69.1 Å². The number of alkyl carbamates (subject to hydrolysis) is 1. The fourth-order valence-electron chi connectivity index (χ4n) is 7.18. The number of aromatic nitrogens is 2. The maximum absolute atomic E-state index is 15.8. The summed E-state index contributed by atoms with van der Waals surface area (Å²) in [6.07, 6.45) is 0.981. The third kappa shape index (κ3) is 7.78. The number of aromatic amines is 1. The number of rotatable bonds is 11. The number of fused-ring (bicyclic) bond motifs is 1. The van der Waals surface area contributed by atoms with Crippen LogP contribution in [0.4, 0.5) is 29.3 Å². The summed E-state index contributed by atoms with van der Waals surface area (Å²) in [6.45, 7) is 7.67. The van der Waals surface area contributed by atoms with Crippen molar-refractivity contribution in [3.8, 4) is 0 Å². The molecule has 51 heavy (non-hydrogen) atoms. The molecule has 10 nitrogen and oxygen atoms in total. The Hall–Kier alpha value is -4.78. The van der Waals surface area contributed by atoms with Crippen molar-refractivity contribution in [1.82, 2.24) is 20.2 Å². The van der Waals surface area contributed by atoms with Gasteiger partial charge < -0.3 is 34.5 Å². The number of H-pyrrole nitrogens is 1. The second-order valence-corrected chi connectivity index (χ2v) is 13.5. The van der Waals surface area contributed by atoms with Gasteiger partial charge in [0.05, 0.1) is 37.3 Å². The van der Waals surface area contributed by atoms with Crippen LogP contribution >= 0.6 is 0 Å². The molecule has 0 aliphatic carbocycles. The number of carbonyl (C=O) groups is 2. The smallest absolute Gasteiger partial charge is 0.407 e. The molecule has 4 aromatic rings. The number of halogens is 3. The number of carbonyl (C=O) groups excluding carboxylic acids is 2. The van der Waals surface area contributed by atoms with Gasteiger partial charge in [-0.05, 0) is 55.0 Å². The molecule has 13 heteroatoms. The molecule has 2 aliphatic heterocycles. The lowest BCUT2D eigenvalue weighted by molar-refractivity contribution is -0.135. The van der Waals surface area contributed by atoms with Gasteiger partial charge in [0, 0.05) is 37.4 Å². The van der Waals surface area contributed by atoms with E-state index in [4.69, 9.17) is 14.5 Å². The quantitative estimate of drug-likeness (QED) is 0.173. The molecule has 0 saturated carbocycles. The highest BCUT2D eigenvalue weighted by Gasteiger charge is 2.33. The van der Waals surface area contributed by atoms with Gasteiger partial charge in [0.15, 0.2) is 11.6 Å². The summed E-state index contributed by atoms with van der Waals surface area (Å²) in [4.78, 5) is 38.5. The third-order valence-electron chi connectivity index (χ3n) is 9.69. The predicted octanol–water partition coefficient (Wildman–Crippen LogP) is 7.02. The van der Waals surface area contributed by atoms with E-state index in [0.29, 0.717) is 80.2 Å². The zero-order chi connectivity index (χ0) is 36.2. The highest BCUT2D eigenvalue weighted by atomic mass is 19.1. The van der Waals surface area contributed by atoms with Crippen molar-refractivity contribution in [3.05, 3.63) is 89.0 Å². The van der Waals surface area contributed by atoms with Crippen LogP contribution in [-0.2, 0) is 20.8 Å². The molecular weight excluding hydrogens is 661 g/mol. The first-order valence-electron chi connectivity index (χ1n) is 17.6. The lowest BCUT2D eigenvalue weighted by Crippen LogP contribution is -2.51. The van der Waals surface area contributed by atoms with Crippen molar-refractivity contribution in [2.24, 2.45) is 5.92 Å². The fourth-order valence-corrected chi connectivity index (χ4v) is 7.18. The van der Waals surface area contributed by atoms with E-state index < -0.39 is 35.6 Å². The number of nitrogens with one attached hydrogen (secondary N) is 2. The number of anilines is 2. The average Bonchev–Trinajstić information content (AvgIpc) is 3.76. The number of morpholine rings is 1. The molecule has 0 radical (unpaired) electrons. The van der Waals surface area contributed by atoms with Crippen LogP contribution in [0.5, 0.6) is 0 Å². The molecule has 0 spiro atoms. The van der Waals surface area contributed by atoms with Gasteiger partial charge in [-0.15, -0.1) is 0 Å². The number of imidazole rings is 1. The number of hydrogen-bond acceptors (Lipinski definition) is 7. The molecule has 6 rings (SSSR count). The van der Waals surface area contributed by atoms with Crippen LogP contribution in [0, 0.1) is 23.4 Å². The molecular formula is C38H45F3N6O4. The van der Waals surface area contributed by atoms with E-state index in [-0.39, 0.29) is 30.2 Å². The normalized spacial score (nSPS) is 18.4. The van der Waals surface area contributed by atoms with E-state index in [1.807, 2.05) is 56.0 Å². The van der Waals surface area contributed by atoms with Gasteiger partial charge in [-0.25, -0.2) is 22.9 Å². The lowest BCUT2D eigenvalue weighted by Gasteiger charge is -2.35. The zero-order valence-corrected chi connectivity index (χ0v) is 29.4. The molecule has 2 N–H and O–H groups in total. The minimum absolute atomic E-state index is 0.0910. The van der Waals surface area contributed by atoms with Crippen molar-refractivity contribution >= 4 is 34.4 Å². The minimum atomic E-state index is -0.797. The van der Waals surface area contributed by atoms with Crippen molar-refractivity contribution in [2.45, 2.75) is 64.8 Å². The highest BCUT2D eigenvalue weighted by Crippen LogP contribution is 2.41. The van der Waals surface area contributed by atoms with Gasteiger partial charge in [-0.1, -0.05) is 51.1 Å². The Morgan fingerprint density at radius 2 is 1.82 bits per heavy atom. The van der Waals surface area contributed by atoms with Gasteiger partial charge in [-0.2, -0.15) is 0 Å². The Labute approximate surface area is 295 Å². The maximum atomic E-state index is 15.8. The molecule has 2 amide bonds. The summed E-state index contributed by atoms with van der Waals surface area (Å²) in [7, 11) is 1.24. The van der Waals surface area contributed by atoms with E-state index in [0.717, 1.165) is 5.56 Å². The van der Waals surface area contributed by atoms with Gasteiger partial charge in [0.25, 0.3) is 0 Å². The van der Waals surface area contributed by atoms with E-state index in [2.05, 4.69) is 10.3 Å². The largest absolute Gasteiger partial charge is 0.453 e. The Bertz CT molecular complexity index is 1830. The summed E-state index contributed by atoms with van der Waals surface area (Å²) in [5, 5.41) is 2.62. The van der Waals surface area contributed by atoms with Crippen LogP contribution < -0.4 is 15.1 Å². The molecule has 2 saturated heterocycles. The summed E-state index contributed by atoms with van der Waals surface area (Å²) in [5.74, 6) is -1.82.